The third kappa shape index (κ3) is 6.83. The Balaban J connectivity index is 1.76. The average Bonchev–Trinajstić information content (AvgIpc) is 2.75. The summed E-state index contributed by atoms with van der Waals surface area (Å²) in [7, 11) is -3.72. The summed E-state index contributed by atoms with van der Waals surface area (Å²) in [6.07, 6.45) is 1.72. The van der Waals surface area contributed by atoms with Gasteiger partial charge in [-0.1, -0.05) is 48.5 Å². The highest BCUT2D eigenvalue weighted by atomic mass is 32.2. The van der Waals surface area contributed by atoms with E-state index in [1.165, 1.54) is 0 Å². The molecule has 1 N–H and O–H groups in total. The van der Waals surface area contributed by atoms with E-state index in [-0.39, 0.29) is 5.91 Å². The fourth-order valence-electron chi connectivity index (χ4n) is 3.68. The summed E-state index contributed by atoms with van der Waals surface area (Å²) in [6.45, 7) is 5.43. The first-order chi connectivity index (χ1) is 15.5. The zero-order chi connectivity index (χ0) is 24.1. The Labute approximate surface area is 196 Å². The number of rotatable bonds is 9. The summed E-state index contributed by atoms with van der Waals surface area (Å²) in [5.74, 6) is 0.879. The number of benzene rings is 3. The highest BCUT2D eigenvalue weighted by Gasteiger charge is 2.32. The maximum absolute atomic E-state index is 13.1. The minimum absolute atomic E-state index is 0.369. The van der Waals surface area contributed by atoms with Crippen molar-refractivity contribution < 1.29 is 17.9 Å². The van der Waals surface area contributed by atoms with Gasteiger partial charge in [0.15, 0.2) is 0 Å². The van der Waals surface area contributed by atoms with Gasteiger partial charge in [-0.3, -0.25) is 9.10 Å². The number of sulfonamides is 1. The zero-order valence-electron chi connectivity index (χ0n) is 19.4. The summed E-state index contributed by atoms with van der Waals surface area (Å²) in [5.41, 5.74) is 0.925. The van der Waals surface area contributed by atoms with E-state index >= 15 is 0 Å². The lowest BCUT2D eigenvalue weighted by Gasteiger charge is -2.33. The molecule has 33 heavy (non-hydrogen) atoms. The van der Waals surface area contributed by atoms with Crippen molar-refractivity contribution in [3.8, 4) is 11.5 Å². The first-order valence-corrected chi connectivity index (χ1v) is 12.6. The second-order valence-corrected chi connectivity index (χ2v) is 10.5. The Kier molecular flexibility index (Phi) is 7.43. The predicted molar refractivity (Wildman–Crippen MR) is 132 cm³/mol. The van der Waals surface area contributed by atoms with Gasteiger partial charge in [-0.05, 0) is 69.2 Å². The molecule has 0 saturated carbocycles. The molecule has 1 atom stereocenters. The number of nitrogens with one attached hydrogen (secondary N) is 1. The number of hydrogen-bond acceptors (Lipinski definition) is 4. The van der Waals surface area contributed by atoms with Crippen molar-refractivity contribution in [3.63, 3.8) is 0 Å². The van der Waals surface area contributed by atoms with E-state index in [0.717, 1.165) is 16.1 Å². The van der Waals surface area contributed by atoms with Crippen LogP contribution in [0.15, 0.2) is 84.9 Å². The molecule has 0 radical (unpaired) electrons. The van der Waals surface area contributed by atoms with Gasteiger partial charge in [0.25, 0.3) is 0 Å². The second kappa shape index (κ2) is 10.1. The molecular formula is C26H30N2O4S. The molecule has 0 aromatic heterocycles. The molecule has 7 heteroatoms. The van der Waals surface area contributed by atoms with Crippen LogP contribution in [0.25, 0.3) is 0 Å². The predicted octanol–water partition coefficient (Wildman–Crippen LogP) is 4.77. The summed E-state index contributed by atoms with van der Waals surface area (Å²) >= 11 is 0. The topological polar surface area (TPSA) is 75.7 Å². The fraction of sp³-hybridized carbons (Fsp3) is 0.269. The SMILES string of the molecule is C[C@@H](C(=O)NC(C)(C)Cc1ccccc1)N(c1ccc(Oc2ccccc2)cc1)S(C)(=O)=O. The Bertz CT molecular complexity index is 1160. The number of carbonyl (C=O) groups is 1. The minimum Gasteiger partial charge on any atom is -0.457 e. The van der Waals surface area contributed by atoms with Gasteiger partial charge in [0, 0.05) is 5.54 Å². The maximum atomic E-state index is 13.1. The van der Waals surface area contributed by atoms with Gasteiger partial charge in [-0.2, -0.15) is 0 Å². The molecule has 6 nitrogen and oxygen atoms in total. The molecule has 0 spiro atoms. The number of hydrogen-bond donors (Lipinski definition) is 1. The van der Waals surface area contributed by atoms with Crippen LogP contribution in [0.3, 0.4) is 0 Å². The van der Waals surface area contributed by atoms with Crippen molar-refractivity contribution >= 4 is 21.6 Å². The molecule has 174 valence electrons. The molecule has 0 aliphatic carbocycles. The molecule has 3 aromatic rings. The zero-order valence-corrected chi connectivity index (χ0v) is 20.2. The van der Waals surface area contributed by atoms with Gasteiger partial charge >= 0.3 is 0 Å². The summed E-state index contributed by atoms with van der Waals surface area (Å²) in [6, 6.07) is 24.9. The van der Waals surface area contributed by atoms with Crippen LogP contribution in [0.4, 0.5) is 5.69 Å². The molecule has 0 fully saturated rings. The van der Waals surface area contributed by atoms with E-state index in [0.29, 0.717) is 23.6 Å². The Hall–Kier alpha value is -3.32. The highest BCUT2D eigenvalue weighted by Crippen LogP contribution is 2.27. The molecule has 0 heterocycles. The largest absolute Gasteiger partial charge is 0.457 e. The van der Waals surface area contributed by atoms with E-state index in [4.69, 9.17) is 4.74 Å². The van der Waals surface area contributed by atoms with Crippen molar-refractivity contribution in [3.05, 3.63) is 90.5 Å². The van der Waals surface area contributed by atoms with Crippen LogP contribution in [-0.4, -0.2) is 32.2 Å². The van der Waals surface area contributed by atoms with Crippen molar-refractivity contribution in [2.75, 3.05) is 10.6 Å². The molecule has 0 saturated heterocycles. The van der Waals surface area contributed by atoms with E-state index in [1.807, 2.05) is 74.5 Å². The number of para-hydroxylation sites is 1. The summed E-state index contributed by atoms with van der Waals surface area (Å²) in [5, 5.41) is 3.00. The average molecular weight is 467 g/mol. The highest BCUT2D eigenvalue weighted by molar-refractivity contribution is 7.92. The Morgan fingerprint density at radius 2 is 1.42 bits per heavy atom. The Morgan fingerprint density at radius 1 is 0.909 bits per heavy atom. The minimum atomic E-state index is -3.72. The van der Waals surface area contributed by atoms with Gasteiger partial charge in [-0.15, -0.1) is 0 Å². The first-order valence-electron chi connectivity index (χ1n) is 10.7. The van der Waals surface area contributed by atoms with Gasteiger partial charge in [0.05, 0.1) is 11.9 Å². The third-order valence-corrected chi connectivity index (χ3v) is 6.35. The van der Waals surface area contributed by atoms with Gasteiger partial charge in [0.2, 0.25) is 15.9 Å². The van der Waals surface area contributed by atoms with E-state index in [9.17, 15) is 13.2 Å². The summed E-state index contributed by atoms with van der Waals surface area (Å²) in [4.78, 5) is 13.1. The molecule has 3 aromatic carbocycles. The van der Waals surface area contributed by atoms with E-state index < -0.39 is 21.6 Å². The lowest BCUT2D eigenvalue weighted by molar-refractivity contribution is -0.123. The van der Waals surface area contributed by atoms with Crippen LogP contribution in [0.1, 0.15) is 26.3 Å². The van der Waals surface area contributed by atoms with Crippen LogP contribution >= 0.6 is 0 Å². The molecule has 0 aliphatic rings. The fourth-order valence-corrected chi connectivity index (χ4v) is 4.86. The second-order valence-electron chi connectivity index (χ2n) is 8.68. The summed E-state index contributed by atoms with van der Waals surface area (Å²) < 4.78 is 32.2. The van der Waals surface area contributed by atoms with Crippen LogP contribution in [0, 0.1) is 0 Å². The van der Waals surface area contributed by atoms with E-state index in [1.54, 1.807) is 31.2 Å². The quantitative estimate of drug-likeness (QED) is 0.493. The first kappa shape index (κ1) is 24.3. The van der Waals surface area contributed by atoms with Crippen LogP contribution in [-0.2, 0) is 21.2 Å². The van der Waals surface area contributed by atoms with Crippen molar-refractivity contribution in [2.45, 2.75) is 38.8 Å². The number of amides is 1. The van der Waals surface area contributed by atoms with Gasteiger partial charge in [0.1, 0.15) is 17.5 Å². The number of anilines is 1. The van der Waals surface area contributed by atoms with Crippen molar-refractivity contribution in [1.29, 1.82) is 0 Å². The van der Waals surface area contributed by atoms with E-state index in [2.05, 4.69) is 5.32 Å². The molecule has 0 unspecified atom stereocenters. The number of carbonyl (C=O) groups excluding carboxylic acids is 1. The molecule has 0 aliphatic heterocycles. The van der Waals surface area contributed by atoms with Crippen molar-refractivity contribution in [2.24, 2.45) is 0 Å². The maximum Gasteiger partial charge on any atom is 0.244 e. The number of nitrogens with zero attached hydrogens (tertiary/aromatic N) is 1. The number of ether oxygens (including phenoxy) is 1. The van der Waals surface area contributed by atoms with Crippen molar-refractivity contribution in [1.82, 2.24) is 5.32 Å². The lowest BCUT2D eigenvalue weighted by Crippen LogP contribution is -2.54. The molecular weight excluding hydrogens is 436 g/mol. The standard InChI is InChI=1S/C26H30N2O4S/c1-20(25(29)27-26(2,3)19-21-11-7-5-8-12-21)28(33(4,30)31)22-15-17-24(18-16-22)32-23-13-9-6-10-14-23/h5-18,20H,19H2,1-4H3,(H,27,29)/t20-/m0/s1. The Morgan fingerprint density at radius 3 is 1.97 bits per heavy atom. The monoisotopic (exact) mass is 466 g/mol. The van der Waals surface area contributed by atoms with Gasteiger partial charge < -0.3 is 10.1 Å². The van der Waals surface area contributed by atoms with Crippen LogP contribution in [0.5, 0.6) is 11.5 Å². The molecule has 0 bridgehead atoms. The lowest BCUT2D eigenvalue weighted by atomic mass is 9.94. The third-order valence-electron chi connectivity index (χ3n) is 5.11. The van der Waals surface area contributed by atoms with Crippen LogP contribution in [0.2, 0.25) is 0 Å². The van der Waals surface area contributed by atoms with Gasteiger partial charge in [-0.25, -0.2) is 8.42 Å². The molecule has 1 amide bonds. The molecule has 3 rings (SSSR count). The normalized spacial score (nSPS) is 12.6. The smallest absolute Gasteiger partial charge is 0.244 e. The van der Waals surface area contributed by atoms with Crippen LogP contribution < -0.4 is 14.4 Å².